The molecular formula is C19H17N3O2S2. The van der Waals surface area contributed by atoms with Gasteiger partial charge in [0.15, 0.2) is 0 Å². The molecule has 0 saturated carbocycles. The number of benzene rings is 2. The van der Waals surface area contributed by atoms with Gasteiger partial charge >= 0.3 is 0 Å². The summed E-state index contributed by atoms with van der Waals surface area (Å²) in [6.07, 6.45) is 0. The molecule has 132 valence electrons. The highest BCUT2D eigenvalue weighted by atomic mass is 32.2. The summed E-state index contributed by atoms with van der Waals surface area (Å²) in [6.45, 7) is 0.382. The zero-order valence-electron chi connectivity index (χ0n) is 13.9. The van der Waals surface area contributed by atoms with Crippen LogP contribution in [0.1, 0.15) is 15.4 Å². The number of thiazole rings is 1. The molecule has 1 atom stereocenters. The van der Waals surface area contributed by atoms with Crippen LogP contribution in [0.25, 0.3) is 10.2 Å². The molecule has 5 nitrogen and oxygen atoms in total. The van der Waals surface area contributed by atoms with Crippen molar-refractivity contribution in [1.29, 1.82) is 0 Å². The van der Waals surface area contributed by atoms with Gasteiger partial charge in [-0.15, -0.1) is 23.1 Å². The van der Waals surface area contributed by atoms with E-state index < -0.39 is 6.04 Å². The van der Waals surface area contributed by atoms with Crippen molar-refractivity contribution in [3.8, 4) is 0 Å². The second-order valence-electron chi connectivity index (χ2n) is 5.95. The van der Waals surface area contributed by atoms with Gasteiger partial charge in [0, 0.05) is 11.3 Å². The van der Waals surface area contributed by atoms with Crippen molar-refractivity contribution in [3.05, 3.63) is 65.2 Å². The molecular weight excluding hydrogens is 366 g/mol. The average molecular weight is 383 g/mol. The molecule has 7 heteroatoms. The van der Waals surface area contributed by atoms with E-state index in [2.05, 4.69) is 10.3 Å². The number of rotatable bonds is 4. The SMILES string of the molecule is O=C(NCc1nc2ccccc2s1)[C@@H]1CSCN1C(=O)c1ccccc1. The molecule has 0 unspecified atom stereocenters. The first kappa shape index (κ1) is 17.1. The first-order valence-corrected chi connectivity index (χ1v) is 10.3. The largest absolute Gasteiger partial charge is 0.348 e. The van der Waals surface area contributed by atoms with E-state index in [4.69, 9.17) is 0 Å². The Morgan fingerprint density at radius 2 is 1.88 bits per heavy atom. The van der Waals surface area contributed by atoms with Crippen molar-refractivity contribution in [2.75, 3.05) is 11.6 Å². The first-order valence-electron chi connectivity index (χ1n) is 8.28. The molecule has 0 bridgehead atoms. The van der Waals surface area contributed by atoms with Crippen molar-refractivity contribution in [2.24, 2.45) is 0 Å². The first-order chi connectivity index (χ1) is 12.7. The number of nitrogens with zero attached hydrogens (tertiary/aromatic N) is 2. The third-order valence-electron chi connectivity index (χ3n) is 4.22. The molecule has 2 aromatic carbocycles. The average Bonchev–Trinajstić information content (AvgIpc) is 3.33. The number of amides is 2. The van der Waals surface area contributed by atoms with Gasteiger partial charge in [-0.3, -0.25) is 9.59 Å². The standard InChI is InChI=1S/C19H17N3O2S2/c23-18(20-10-17-21-14-8-4-5-9-16(14)26-17)15-11-25-12-22(15)19(24)13-6-2-1-3-7-13/h1-9,15H,10-12H2,(H,20,23)/t15-/m0/s1. The van der Waals surface area contributed by atoms with Gasteiger partial charge in [0.2, 0.25) is 5.91 Å². The van der Waals surface area contributed by atoms with Crippen LogP contribution in [0.3, 0.4) is 0 Å². The van der Waals surface area contributed by atoms with Crippen molar-refractivity contribution in [2.45, 2.75) is 12.6 Å². The third-order valence-corrected chi connectivity index (χ3v) is 6.27. The molecule has 1 aromatic heterocycles. The Kier molecular flexibility index (Phi) is 4.90. The summed E-state index contributed by atoms with van der Waals surface area (Å²) in [7, 11) is 0. The predicted molar refractivity (Wildman–Crippen MR) is 105 cm³/mol. The molecule has 0 spiro atoms. The highest BCUT2D eigenvalue weighted by Crippen LogP contribution is 2.24. The number of hydrogen-bond acceptors (Lipinski definition) is 5. The Bertz CT molecular complexity index is 909. The Labute approximate surface area is 159 Å². The van der Waals surface area contributed by atoms with Gasteiger partial charge in [-0.1, -0.05) is 30.3 Å². The molecule has 0 radical (unpaired) electrons. The van der Waals surface area contributed by atoms with E-state index in [1.54, 1.807) is 40.1 Å². The maximum Gasteiger partial charge on any atom is 0.255 e. The van der Waals surface area contributed by atoms with Crippen LogP contribution in [-0.2, 0) is 11.3 Å². The number of para-hydroxylation sites is 1. The van der Waals surface area contributed by atoms with E-state index in [-0.39, 0.29) is 11.8 Å². The van der Waals surface area contributed by atoms with Gasteiger partial charge < -0.3 is 10.2 Å². The molecule has 1 N–H and O–H groups in total. The molecule has 1 saturated heterocycles. The maximum atomic E-state index is 12.7. The lowest BCUT2D eigenvalue weighted by atomic mass is 10.1. The van der Waals surface area contributed by atoms with Crippen LogP contribution in [0.4, 0.5) is 0 Å². The third kappa shape index (κ3) is 3.45. The maximum absolute atomic E-state index is 12.7. The summed E-state index contributed by atoms with van der Waals surface area (Å²) in [5, 5.41) is 3.81. The number of aromatic nitrogens is 1. The smallest absolute Gasteiger partial charge is 0.255 e. The monoisotopic (exact) mass is 383 g/mol. The number of hydrogen-bond donors (Lipinski definition) is 1. The van der Waals surface area contributed by atoms with Crippen molar-refractivity contribution >= 4 is 45.1 Å². The van der Waals surface area contributed by atoms with Crippen molar-refractivity contribution in [3.63, 3.8) is 0 Å². The predicted octanol–water partition coefficient (Wildman–Crippen LogP) is 3.13. The normalized spacial score (nSPS) is 16.8. The van der Waals surface area contributed by atoms with Gasteiger partial charge in [-0.2, -0.15) is 0 Å². The van der Waals surface area contributed by atoms with E-state index in [1.165, 1.54) is 0 Å². The van der Waals surface area contributed by atoms with E-state index in [0.29, 0.717) is 23.7 Å². The Hall–Kier alpha value is -2.38. The van der Waals surface area contributed by atoms with Crippen LogP contribution >= 0.6 is 23.1 Å². The number of carbonyl (C=O) groups excluding carboxylic acids is 2. The lowest BCUT2D eigenvalue weighted by Gasteiger charge is -2.23. The van der Waals surface area contributed by atoms with Crippen LogP contribution in [0.15, 0.2) is 54.6 Å². The van der Waals surface area contributed by atoms with Crippen LogP contribution in [0, 0.1) is 0 Å². The van der Waals surface area contributed by atoms with E-state index in [0.717, 1.165) is 15.2 Å². The Morgan fingerprint density at radius 3 is 2.69 bits per heavy atom. The van der Waals surface area contributed by atoms with Gasteiger partial charge in [0.25, 0.3) is 5.91 Å². The van der Waals surface area contributed by atoms with Gasteiger partial charge in [0.1, 0.15) is 11.0 Å². The van der Waals surface area contributed by atoms with Crippen LogP contribution in [0.2, 0.25) is 0 Å². The van der Waals surface area contributed by atoms with E-state index in [9.17, 15) is 9.59 Å². The Morgan fingerprint density at radius 1 is 1.12 bits per heavy atom. The number of carbonyl (C=O) groups is 2. The minimum Gasteiger partial charge on any atom is -0.348 e. The molecule has 2 heterocycles. The lowest BCUT2D eigenvalue weighted by molar-refractivity contribution is -0.124. The van der Waals surface area contributed by atoms with Crippen LogP contribution in [0.5, 0.6) is 0 Å². The second kappa shape index (κ2) is 7.47. The highest BCUT2D eigenvalue weighted by molar-refractivity contribution is 7.99. The minimum atomic E-state index is -0.443. The summed E-state index contributed by atoms with van der Waals surface area (Å²) < 4.78 is 1.11. The summed E-state index contributed by atoms with van der Waals surface area (Å²) in [6, 6.07) is 16.6. The summed E-state index contributed by atoms with van der Waals surface area (Å²) in [4.78, 5) is 31.5. The fourth-order valence-electron chi connectivity index (χ4n) is 2.88. The topological polar surface area (TPSA) is 62.3 Å². The molecule has 1 aliphatic heterocycles. The molecule has 4 rings (SSSR count). The number of nitrogens with one attached hydrogen (secondary N) is 1. The fourth-order valence-corrected chi connectivity index (χ4v) is 4.94. The van der Waals surface area contributed by atoms with Gasteiger partial charge in [-0.05, 0) is 24.3 Å². The molecule has 26 heavy (non-hydrogen) atoms. The fraction of sp³-hybridized carbons (Fsp3) is 0.211. The Balaban J connectivity index is 1.42. The van der Waals surface area contributed by atoms with Crippen LogP contribution < -0.4 is 5.32 Å². The second-order valence-corrected chi connectivity index (χ2v) is 8.06. The molecule has 2 amide bonds. The molecule has 0 aliphatic carbocycles. The molecule has 3 aromatic rings. The van der Waals surface area contributed by atoms with Crippen molar-refractivity contribution in [1.82, 2.24) is 15.2 Å². The van der Waals surface area contributed by atoms with Crippen molar-refractivity contribution < 1.29 is 9.59 Å². The number of fused-ring (bicyclic) bond motifs is 1. The summed E-state index contributed by atoms with van der Waals surface area (Å²) in [5.41, 5.74) is 1.55. The summed E-state index contributed by atoms with van der Waals surface area (Å²) >= 11 is 3.17. The zero-order chi connectivity index (χ0) is 17.9. The number of thioether (sulfide) groups is 1. The molecule has 1 aliphatic rings. The quantitative estimate of drug-likeness (QED) is 0.752. The highest BCUT2D eigenvalue weighted by Gasteiger charge is 2.35. The van der Waals surface area contributed by atoms with E-state index >= 15 is 0 Å². The van der Waals surface area contributed by atoms with Gasteiger partial charge in [0.05, 0.1) is 22.6 Å². The van der Waals surface area contributed by atoms with E-state index in [1.807, 2.05) is 42.5 Å². The van der Waals surface area contributed by atoms with Gasteiger partial charge in [-0.25, -0.2) is 4.98 Å². The zero-order valence-corrected chi connectivity index (χ0v) is 15.6. The summed E-state index contributed by atoms with van der Waals surface area (Å²) in [5.74, 6) is 0.922. The van der Waals surface area contributed by atoms with Crippen LogP contribution in [-0.4, -0.2) is 39.4 Å². The molecule has 1 fully saturated rings. The minimum absolute atomic E-state index is 0.101. The lowest BCUT2D eigenvalue weighted by Crippen LogP contribution is -2.47.